The number of nitrogens with zero attached hydrogens (tertiary/aromatic N) is 1. The summed E-state index contributed by atoms with van der Waals surface area (Å²) in [5, 5.41) is 7.47. The van der Waals surface area contributed by atoms with E-state index < -0.39 is 18.0 Å². The summed E-state index contributed by atoms with van der Waals surface area (Å²) in [5.41, 5.74) is 3.98. The average molecular weight is 474 g/mol. The first kappa shape index (κ1) is 23.4. The van der Waals surface area contributed by atoms with Crippen molar-refractivity contribution < 1.29 is 18.7 Å². The second-order valence-corrected chi connectivity index (χ2v) is 7.51. The molecule has 0 fully saturated rings. The number of hydrazone groups is 1. The Morgan fingerprint density at radius 1 is 1.12 bits per heavy atom. The molecular weight excluding hydrogens is 453 g/mol. The molecule has 1 aromatic heterocycles. The molecule has 0 unspecified atom stereocenters. The van der Waals surface area contributed by atoms with Crippen LogP contribution < -0.4 is 10.7 Å². The molecule has 1 atom stereocenters. The van der Waals surface area contributed by atoms with Gasteiger partial charge in [0, 0.05) is 17.0 Å². The van der Waals surface area contributed by atoms with E-state index in [0.29, 0.717) is 27.1 Å². The van der Waals surface area contributed by atoms with Gasteiger partial charge < -0.3 is 14.5 Å². The topological polar surface area (TPSA) is 92.9 Å². The van der Waals surface area contributed by atoms with Crippen LogP contribution in [0.2, 0.25) is 10.0 Å². The van der Waals surface area contributed by atoms with E-state index in [4.69, 9.17) is 32.4 Å². The van der Waals surface area contributed by atoms with Gasteiger partial charge in [0.15, 0.2) is 0 Å². The molecule has 0 saturated carbocycles. The van der Waals surface area contributed by atoms with Gasteiger partial charge in [-0.3, -0.25) is 4.79 Å². The molecule has 7 nitrogen and oxygen atoms in total. The van der Waals surface area contributed by atoms with Crippen LogP contribution in [-0.4, -0.2) is 30.9 Å². The first-order valence-corrected chi connectivity index (χ1v) is 10.6. The number of benzene rings is 2. The van der Waals surface area contributed by atoms with Crippen molar-refractivity contribution in [2.45, 2.75) is 19.4 Å². The minimum atomic E-state index is -0.867. The van der Waals surface area contributed by atoms with Crippen LogP contribution >= 0.6 is 23.2 Å². The molecule has 0 bridgehead atoms. The summed E-state index contributed by atoms with van der Waals surface area (Å²) in [6.07, 6.45) is 0.957. The van der Waals surface area contributed by atoms with E-state index >= 15 is 0 Å². The lowest BCUT2D eigenvalue weighted by atomic mass is 10.1. The molecule has 0 aliphatic heterocycles. The fourth-order valence-corrected chi connectivity index (χ4v) is 3.37. The molecule has 2 N–H and O–H groups in total. The molecule has 166 valence electrons. The Morgan fingerprint density at radius 3 is 2.62 bits per heavy atom. The van der Waals surface area contributed by atoms with Crippen molar-refractivity contribution in [3.05, 3.63) is 82.0 Å². The maximum absolute atomic E-state index is 12.6. The molecule has 9 heteroatoms. The summed E-state index contributed by atoms with van der Waals surface area (Å²) in [4.78, 5) is 24.5. The molecule has 2 aromatic carbocycles. The number of halogens is 2. The summed E-state index contributed by atoms with van der Waals surface area (Å²) in [6, 6.07) is 17.0. The van der Waals surface area contributed by atoms with Crippen LogP contribution in [0.4, 0.5) is 4.79 Å². The Bertz CT molecular complexity index is 1100. The van der Waals surface area contributed by atoms with E-state index in [2.05, 4.69) is 15.8 Å². The number of alkyl carbamates (subject to hydrolysis) is 1. The Hall–Kier alpha value is -3.29. The van der Waals surface area contributed by atoms with E-state index in [1.165, 1.54) is 6.21 Å². The van der Waals surface area contributed by atoms with Crippen LogP contribution in [0.25, 0.3) is 11.3 Å². The SMILES string of the molecule is CCOC(=O)N[C@@H](Cc1ccccc1)C(=O)N/N=C\c1ccc(-c2ccc(Cl)cc2Cl)o1. The van der Waals surface area contributed by atoms with Crippen LogP contribution in [0, 0.1) is 0 Å². The van der Waals surface area contributed by atoms with Gasteiger partial charge in [0.1, 0.15) is 17.6 Å². The van der Waals surface area contributed by atoms with E-state index in [1.807, 2.05) is 30.3 Å². The Kier molecular flexibility index (Phi) is 8.30. The molecule has 2 amide bonds. The van der Waals surface area contributed by atoms with Gasteiger partial charge in [-0.1, -0.05) is 53.5 Å². The quantitative estimate of drug-likeness (QED) is 0.353. The highest BCUT2D eigenvalue weighted by atomic mass is 35.5. The largest absolute Gasteiger partial charge is 0.455 e. The van der Waals surface area contributed by atoms with Crippen LogP contribution in [0.1, 0.15) is 18.2 Å². The van der Waals surface area contributed by atoms with E-state index in [-0.39, 0.29) is 13.0 Å². The highest BCUT2D eigenvalue weighted by Crippen LogP contribution is 2.31. The number of furan rings is 1. The second kappa shape index (κ2) is 11.4. The lowest BCUT2D eigenvalue weighted by Crippen LogP contribution is -2.47. The standard InChI is InChI=1S/C23H21Cl2N3O4/c1-2-31-23(30)27-20(12-15-6-4-3-5-7-15)22(29)28-26-14-17-9-11-21(32-17)18-10-8-16(24)13-19(18)25/h3-11,13-14,20H,2,12H2,1H3,(H,27,30)(H,28,29)/b26-14-/t20-/m0/s1. The number of hydrogen-bond donors (Lipinski definition) is 2. The maximum atomic E-state index is 12.6. The Morgan fingerprint density at radius 2 is 1.91 bits per heavy atom. The van der Waals surface area contributed by atoms with Crippen molar-refractivity contribution in [1.82, 2.24) is 10.7 Å². The van der Waals surface area contributed by atoms with Crippen molar-refractivity contribution >= 4 is 41.4 Å². The molecule has 3 rings (SSSR count). The molecule has 0 saturated heterocycles. The molecule has 1 heterocycles. The molecule has 0 spiro atoms. The van der Waals surface area contributed by atoms with Crippen LogP contribution in [-0.2, 0) is 16.0 Å². The number of carbonyl (C=O) groups is 2. The first-order chi connectivity index (χ1) is 15.5. The number of rotatable bonds is 8. The summed E-state index contributed by atoms with van der Waals surface area (Å²) >= 11 is 12.1. The zero-order valence-corrected chi connectivity index (χ0v) is 18.7. The lowest BCUT2D eigenvalue weighted by molar-refractivity contribution is -0.123. The van der Waals surface area contributed by atoms with Crippen molar-refractivity contribution in [3.63, 3.8) is 0 Å². The van der Waals surface area contributed by atoms with Crippen molar-refractivity contribution in [2.24, 2.45) is 5.10 Å². The van der Waals surface area contributed by atoms with Crippen LogP contribution in [0.5, 0.6) is 0 Å². The smallest absolute Gasteiger partial charge is 0.407 e. The van der Waals surface area contributed by atoms with Gasteiger partial charge in [-0.05, 0) is 42.8 Å². The molecule has 0 aliphatic rings. The van der Waals surface area contributed by atoms with E-state index in [9.17, 15) is 9.59 Å². The zero-order chi connectivity index (χ0) is 22.9. The van der Waals surface area contributed by atoms with Gasteiger partial charge in [-0.15, -0.1) is 0 Å². The highest BCUT2D eigenvalue weighted by Gasteiger charge is 2.21. The van der Waals surface area contributed by atoms with Gasteiger partial charge in [-0.25, -0.2) is 10.2 Å². The minimum Gasteiger partial charge on any atom is -0.455 e. The lowest BCUT2D eigenvalue weighted by Gasteiger charge is -2.16. The molecule has 3 aromatic rings. The zero-order valence-electron chi connectivity index (χ0n) is 17.2. The predicted octanol–water partition coefficient (Wildman–Crippen LogP) is 5.06. The number of amides is 2. The van der Waals surface area contributed by atoms with Crippen LogP contribution in [0.3, 0.4) is 0 Å². The van der Waals surface area contributed by atoms with E-state index in [1.54, 1.807) is 37.3 Å². The summed E-state index contributed by atoms with van der Waals surface area (Å²) in [7, 11) is 0. The van der Waals surface area contributed by atoms with Crippen LogP contribution in [0.15, 0.2) is 70.2 Å². The van der Waals surface area contributed by atoms with Gasteiger partial charge in [-0.2, -0.15) is 5.10 Å². The third-order valence-electron chi connectivity index (χ3n) is 4.36. The number of nitrogens with one attached hydrogen (secondary N) is 2. The van der Waals surface area contributed by atoms with Gasteiger partial charge in [0.05, 0.1) is 17.8 Å². The fourth-order valence-electron chi connectivity index (χ4n) is 2.87. The molecule has 0 aliphatic carbocycles. The number of hydrogen-bond acceptors (Lipinski definition) is 5. The summed E-state index contributed by atoms with van der Waals surface area (Å²) < 4.78 is 10.6. The molecular formula is C23H21Cl2N3O4. The fraction of sp³-hybridized carbons (Fsp3) is 0.174. The third kappa shape index (κ3) is 6.60. The Balaban J connectivity index is 1.65. The Labute approximate surface area is 195 Å². The maximum Gasteiger partial charge on any atom is 0.407 e. The third-order valence-corrected chi connectivity index (χ3v) is 4.90. The monoisotopic (exact) mass is 473 g/mol. The molecule has 0 radical (unpaired) electrons. The van der Waals surface area contributed by atoms with Crippen molar-refractivity contribution in [1.29, 1.82) is 0 Å². The minimum absolute atomic E-state index is 0.197. The van der Waals surface area contributed by atoms with E-state index in [0.717, 1.165) is 5.56 Å². The summed E-state index contributed by atoms with van der Waals surface area (Å²) in [5.74, 6) is 0.445. The van der Waals surface area contributed by atoms with Gasteiger partial charge >= 0.3 is 6.09 Å². The number of carbonyl (C=O) groups excluding carboxylic acids is 2. The normalized spacial score (nSPS) is 11.8. The second-order valence-electron chi connectivity index (χ2n) is 6.67. The van der Waals surface area contributed by atoms with Crippen molar-refractivity contribution in [2.75, 3.05) is 6.61 Å². The van der Waals surface area contributed by atoms with Gasteiger partial charge in [0.25, 0.3) is 5.91 Å². The van der Waals surface area contributed by atoms with Gasteiger partial charge in [0.2, 0.25) is 0 Å². The summed E-state index contributed by atoms with van der Waals surface area (Å²) in [6.45, 7) is 1.88. The number of ether oxygens (including phenoxy) is 1. The average Bonchev–Trinajstić information content (AvgIpc) is 3.22. The first-order valence-electron chi connectivity index (χ1n) is 9.81. The molecule has 32 heavy (non-hydrogen) atoms. The van der Waals surface area contributed by atoms with Crippen molar-refractivity contribution in [3.8, 4) is 11.3 Å². The highest BCUT2D eigenvalue weighted by molar-refractivity contribution is 6.36. The predicted molar refractivity (Wildman–Crippen MR) is 124 cm³/mol.